The van der Waals surface area contributed by atoms with Crippen LogP contribution in [0.2, 0.25) is 0 Å². The number of methoxy groups -OCH3 is 1. The molecule has 2 aromatic rings. The number of carbonyl (C=O) groups excluding carboxylic acids is 2. The number of pyridine rings is 1. The quantitative estimate of drug-likeness (QED) is 0.738. The molecule has 166 valence electrons. The molecule has 0 radical (unpaired) electrons. The van der Waals surface area contributed by atoms with Crippen molar-refractivity contribution in [2.45, 2.75) is 33.1 Å². The Labute approximate surface area is 183 Å². The van der Waals surface area contributed by atoms with Gasteiger partial charge in [-0.25, -0.2) is 0 Å². The molecule has 0 aliphatic carbocycles. The third-order valence-corrected chi connectivity index (χ3v) is 5.73. The van der Waals surface area contributed by atoms with Crippen LogP contribution >= 0.6 is 0 Å². The van der Waals surface area contributed by atoms with Crippen LogP contribution in [0.25, 0.3) is 5.69 Å². The Bertz CT molecular complexity index is 1010. The minimum Gasteiger partial charge on any atom is -0.375 e. The van der Waals surface area contributed by atoms with Crippen LogP contribution in [-0.2, 0) is 9.53 Å². The van der Waals surface area contributed by atoms with Gasteiger partial charge in [-0.3, -0.25) is 19.0 Å². The smallest absolute Gasteiger partial charge is 0.268 e. The summed E-state index contributed by atoms with van der Waals surface area (Å²) in [5.41, 5.74) is 2.41. The van der Waals surface area contributed by atoms with E-state index in [4.69, 9.17) is 4.74 Å². The first kappa shape index (κ1) is 22.7. The van der Waals surface area contributed by atoms with Crippen LogP contribution in [0.1, 0.15) is 47.7 Å². The highest BCUT2D eigenvalue weighted by molar-refractivity contribution is 5.95. The van der Waals surface area contributed by atoms with Gasteiger partial charge in [0.2, 0.25) is 5.91 Å². The summed E-state index contributed by atoms with van der Waals surface area (Å²) in [4.78, 5) is 42.2. The summed E-state index contributed by atoms with van der Waals surface area (Å²) >= 11 is 0. The van der Waals surface area contributed by atoms with E-state index in [1.807, 2.05) is 30.3 Å². The van der Waals surface area contributed by atoms with E-state index in [1.54, 1.807) is 27.5 Å². The topological polar surface area (TPSA) is 71.8 Å². The lowest BCUT2D eigenvalue weighted by Crippen LogP contribution is -2.40. The molecule has 0 bridgehead atoms. The van der Waals surface area contributed by atoms with Gasteiger partial charge in [-0.15, -0.1) is 0 Å². The Morgan fingerprint density at radius 3 is 2.48 bits per heavy atom. The molecule has 31 heavy (non-hydrogen) atoms. The Balaban J connectivity index is 1.88. The minimum atomic E-state index is -0.317. The van der Waals surface area contributed by atoms with Gasteiger partial charge in [0.1, 0.15) is 12.2 Å². The van der Waals surface area contributed by atoms with Crippen molar-refractivity contribution in [3.8, 4) is 5.69 Å². The number of amides is 2. The molecule has 1 aromatic heterocycles. The van der Waals surface area contributed by atoms with Crippen LogP contribution in [0.4, 0.5) is 0 Å². The van der Waals surface area contributed by atoms with Crippen LogP contribution in [0, 0.1) is 6.92 Å². The van der Waals surface area contributed by atoms with Crippen LogP contribution in [0.3, 0.4) is 0 Å². The van der Waals surface area contributed by atoms with Gasteiger partial charge in [-0.05, 0) is 48.6 Å². The molecule has 1 aliphatic heterocycles. The molecule has 1 aliphatic rings. The number of ether oxygens (including phenoxy) is 1. The summed E-state index contributed by atoms with van der Waals surface area (Å²) in [5, 5.41) is 0. The van der Waals surface area contributed by atoms with Gasteiger partial charge < -0.3 is 14.5 Å². The summed E-state index contributed by atoms with van der Waals surface area (Å²) in [5.74, 6) is -0.0268. The third kappa shape index (κ3) is 5.05. The zero-order valence-electron chi connectivity index (χ0n) is 18.8. The van der Waals surface area contributed by atoms with Crippen LogP contribution < -0.4 is 5.56 Å². The van der Waals surface area contributed by atoms with Crippen LogP contribution in [-0.4, -0.2) is 66.1 Å². The maximum atomic E-state index is 13.3. The van der Waals surface area contributed by atoms with Crippen molar-refractivity contribution in [2.75, 3.05) is 39.9 Å². The number of rotatable bonds is 5. The van der Waals surface area contributed by atoms with E-state index in [-0.39, 0.29) is 29.5 Å². The highest BCUT2D eigenvalue weighted by Crippen LogP contribution is 2.18. The molecule has 1 fully saturated rings. The fourth-order valence-electron chi connectivity index (χ4n) is 3.87. The zero-order chi connectivity index (χ0) is 22.5. The first-order chi connectivity index (χ1) is 14.8. The van der Waals surface area contributed by atoms with Crippen molar-refractivity contribution < 1.29 is 14.3 Å². The molecule has 0 spiro atoms. The van der Waals surface area contributed by atoms with Crippen molar-refractivity contribution >= 4 is 11.8 Å². The number of nitrogens with zero attached hydrogens (tertiary/aromatic N) is 3. The molecular formula is C24H31N3O4. The van der Waals surface area contributed by atoms with Crippen molar-refractivity contribution in [1.29, 1.82) is 0 Å². The monoisotopic (exact) mass is 425 g/mol. The molecule has 7 heteroatoms. The summed E-state index contributed by atoms with van der Waals surface area (Å²) in [6, 6.07) is 9.64. The molecule has 7 nitrogen and oxygen atoms in total. The number of aromatic nitrogens is 1. The molecular weight excluding hydrogens is 394 g/mol. The molecule has 0 atom stereocenters. The second-order valence-electron chi connectivity index (χ2n) is 8.26. The van der Waals surface area contributed by atoms with Crippen molar-refractivity contribution in [1.82, 2.24) is 14.4 Å². The second-order valence-corrected chi connectivity index (χ2v) is 8.26. The Hall–Kier alpha value is -2.93. The first-order valence-electron chi connectivity index (χ1n) is 10.7. The van der Waals surface area contributed by atoms with Crippen molar-refractivity contribution in [3.63, 3.8) is 0 Å². The lowest BCUT2D eigenvalue weighted by atomic mass is 10.0. The molecule has 3 rings (SSSR count). The highest BCUT2D eigenvalue weighted by atomic mass is 16.5. The summed E-state index contributed by atoms with van der Waals surface area (Å²) in [6.07, 6.45) is 2.39. The lowest BCUT2D eigenvalue weighted by molar-refractivity contribution is -0.135. The molecule has 1 aromatic carbocycles. The van der Waals surface area contributed by atoms with Gasteiger partial charge >= 0.3 is 0 Å². The number of benzene rings is 1. The fraction of sp³-hybridized carbons (Fsp3) is 0.458. The van der Waals surface area contributed by atoms with E-state index in [0.717, 1.165) is 11.3 Å². The average molecular weight is 426 g/mol. The average Bonchev–Trinajstić information content (AvgIpc) is 3.00. The first-order valence-corrected chi connectivity index (χ1v) is 10.7. The van der Waals surface area contributed by atoms with Gasteiger partial charge in [0.25, 0.3) is 11.5 Å². The van der Waals surface area contributed by atoms with E-state index in [0.29, 0.717) is 44.1 Å². The van der Waals surface area contributed by atoms with Crippen molar-refractivity contribution in [3.05, 3.63) is 63.6 Å². The molecule has 2 amide bonds. The summed E-state index contributed by atoms with van der Waals surface area (Å²) < 4.78 is 6.48. The van der Waals surface area contributed by atoms with Crippen LogP contribution in [0.5, 0.6) is 0 Å². The van der Waals surface area contributed by atoms with Crippen LogP contribution in [0.15, 0.2) is 41.3 Å². The summed E-state index contributed by atoms with van der Waals surface area (Å²) in [6.45, 7) is 7.94. The maximum absolute atomic E-state index is 13.3. The van der Waals surface area contributed by atoms with E-state index in [2.05, 4.69) is 13.8 Å². The maximum Gasteiger partial charge on any atom is 0.268 e. The zero-order valence-corrected chi connectivity index (χ0v) is 18.8. The standard InChI is InChI=1S/C24H31N3O4/c1-17(2)19-7-5-8-20(15-19)27-12-9-18(3)22(24(27)30)23(29)26-11-6-10-25(13-14-26)21(28)16-31-4/h5,7-9,12,15,17H,6,10-11,13-14,16H2,1-4H3. The van der Waals surface area contributed by atoms with E-state index >= 15 is 0 Å². The predicted octanol–water partition coefficient (Wildman–Crippen LogP) is 2.59. The molecule has 0 saturated carbocycles. The molecule has 2 heterocycles. The van der Waals surface area contributed by atoms with Crippen molar-refractivity contribution in [2.24, 2.45) is 0 Å². The third-order valence-electron chi connectivity index (χ3n) is 5.73. The molecule has 0 unspecified atom stereocenters. The molecule has 1 saturated heterocycles. The Morgan fingerprint density at radius 1 is 1.06 bits per heavy atom. The fourth-order valence-corrected chi connectivity index (χ4v) is 3.87. The van der Waals surface area contributed by atoms with E-state index in [9.17, 15) is 14.4 Å². The summed E-state index contributed by atoms with van der Waals surface area (Å²) in [7, 11) is 1.49. The Kier molecular flexibility index (Phi) is 7.28. The number of aryl methyl sites for hydroxylation is 1. The number of hydrogen-bond acceptors (Lipinski definition) is 4. The lowest BCUT2D eigenvalue weighted by Gasteiger charge is -2.23. The van der Waals surface area contributed by atoms with Gasteiger partial charge in [-0.1, -0.05) is 26.0 Å². The predicted molar refractivity (Wildman–Crippen MR) is 120 cm³/mol. The number of hydrogen-bond donors (Lipinski definition) is 0. The minimum absolute atomic E-state index is 0.0336. The largest absolute Gasteiger partial charge is 0.375 e. The molecule has 0 N–H and O–H groups in total. The van der Waals surface area contributed by atoms with Gasteiger partial charge in [0, 0.05) is 45.2 Å². The Morgan fingerprint density at radius 2 is 1.77 bits per heavy atom. The number of carbonyl (C=O) groups is 2. The van der Waals surface area contributed by atoms with E-state index < -0.39 is 0 Å². The normalized spacial score (nSPS) is 14.6. The van der Waals surface area contributed by atoms with Gasteiger partial charge in [0.15, 0.2) is 0 Å². The SMILES string of the molecule is COCC(=O)N1CCCN(C(=O)c2c(C)ccn(-c3cccc(C(C)C)c3)c2=O)CC1. The van der Waals surface area contributed by atoms with Gasteiger partial charge in [-0.2, -0.15) is 0 Å². The van der Waals surface area contributed by atoms with Gasteiger partial charge in [0.05, 0.1) is 0 Å². The highest BCUT2D eigenvalue weighted by Gasteiger charge is 2.26. The van der Waals surface area contributed by atoms with E-state index in [1.165, 1.54) is 7.11 Å². The second kappa shape index (κ2) is 9.92.